The van der Waals surface area contributed by atoms with E-state index in [9.17, 15) is 19.0 Å². The molecule has 2 aromatic carbocycles. The molecular weight excluding hydrogens is 409 g/mol. The van der Waals surface area contributed by atoms with Crippen molar-refractivity contribution < 1.29 is 19.0 Å². The number of anilines is 1. The average molecular weight is 431 g/mol. The lowest BCUT2D eigenvalue weighted by Gasteiger charge is -2.33. The highest BCUT2D eigenvalue weighted by Crippen LogP contribution is 2.51. The zero-order valence-corrected chi connectivity index (χ0v) is 17.1. The molecule has 152 valence electrons. The molecule has 0 saturated carbocycles. The minimum Gasteiger partial charge on any atom is -0.375 e. The zero-order chi connectivity index (χ0) is 20.6. The normalized spacial score (nSPS) is 21.5. The third kappa shape index (κ3) is 3.48. The van der Waals surface area contributed by atoms with E-state index in [-0.39, 0.29) is 16.1 Å². The highest BCUT2D eigenvalue weighted by molar-refractivity contribution is 6.36. The smallest absolute Gasteiger partial charge is 0.164 e. The highest BCUT2D eigenvalue weighted by Gasteiger charge is 2.52. The first-order chi connectivity index (χ1) is 13.2. The van der Waals surface area contributed by atoms with E-state index in [0.717, 1.165) is 25.2 Å². The number of aliphatic hydroxyl groups excluding tert-OH is 1. The van der Waals surface area contributed by atoms with Crippen LogP contribution in [0.3, 0.4) is 0 Å². The van der Waals surface area contributed by atoms with Crippen LogP contribution in [-0.2, 0) is 5.60 Å². The number of rotatable bonds is 6. The summed E-state index contributed by atoms with van der Waals surface area (Å²) in [4.78, 5) is 3.75. The number of likely N-dealkylation sites (N-methyl/N-ethyl adjacent to an activating group) is 1. The number of nitrogens with zero attached hydrogens (tertiary/aromatic N) is 2. The second-order valence-corrected chi connectivity index (χ2v) is 7.61. The Morgan fingerprint density at radius 3 is 2.39 bits per heavy atom. The van der Waals surface area contributed by atoms with Crippen LogP contribution in [0.25, 0.3) is 0 Å². The van der Waals surface area contributed by atoms with Gasteiger partial charge >= 0.3 is 0 Å². The van der Waals surface area contributed by atoms with Crippen LogP contribution in [-0.4, -0.2) is 47.5 Å². The van der Waals surface area contributed by atoms with Gasteiger partial charge in [0.1, 0.15) is 0 Å². The molecule has 2 atom stereocenters. The van der Waals surface area contributed by atoms with Crippen LogP contribution in [0.2, 0.25) is 10.0 Å². The fourth-order valence-corrected chi connectivity index (χ4v) is 4.34. The number of aliphatic hydroxyl groups is 2. The molecule has 2 unspecified atom stereocenters. The second-order valence-electron chi connectivity index (χ2n) is 6.77. The first-order valence-corrected chi connectivity index (χ1v) is 9.84. The molecule has 0 aliphatic carbocycles. The van der Waals surface area contributed by atoms with Crippen molar-refractivity contribution in [3.05, 3.63) is 63.1 Å². The Kier molecular flexibility index (Phi) is 6.17. The summed E-state index contributed by atoms with van der Waals surface area (Å²) in [5.74, 6) is -2.16. The molecule has 0 bridgehead atoms. The maximum Gasteiger partial charge on any atom is 0.164 e. The van der Waals surface area contributed by atoms with Crippen molar-refractivity contribution in [2.24, 2.45) is 0 Å². The van der Waals surface area contributed by atoms with Gasteiger partial charge in [-0.05, 0) is 42.9 Å². The summed E-state index contributed by atoms with van der Waals surface area (Å²) in [6, 6.07) is 6.09. The lowest BCUT2D eigenvalue weighted by atomic mass is 9.86. The van der Waals surface area contributed by atoms with Crippen molar-refractivity contribution in [3.63, 3.8) is 0 Å². The zero-order valence-electron chi connectivity index (χ0n) is 15.6. The minimum absolute atomic E-state index is 0.00899. The summed E-state index contributed by atoms with van der Waals surface area (Å²) in [5.41, 5.74) is -1.34. The second kappa shape index (κ2) is 8.13. The fourth-order valence-electron chi connectivity index (χ4n) is 3.71. The molecule has 0 spiro atoms. The molecule has 3 rings (SSSR count). The lowest BCUT2D eigenvalue weighted by molar-refractivity contribution is -0.0389. The number of hydrogen-bond donors (Lipinski definition) is 2. The highest BCUT2D eigenvalue weighted by atomic mass is 35.5. The van der Waals surface area contributed by atoms with Crippen LogP contribution in [0.4, 0.5) is 14.5 Å². The van der Waals surface area contributed by atoms with E-state index in [0.29, 0.717) is 23.8 Å². The Bertz CT molecular complexity index is 880. The van der Waals surface area contributed by atoms with Gasteiger partial charge in [0, 0.05) is 29.4 Å². The molecule has 2 N–H and O–H groups in total. The SMILES string of the molecule is CCN(CC)CCN1c2cc(Cl)cc(Cl)c2C(O)(c2ccc(F)c(F)c2)C1O. The molecular formula is C20H22Cl2F2N2O2. The summed E-state index contributed by atoms with van der Waals surface area (Å²) in [6.45, 7) is 6.74. The maximum absolute atomic E-state index is 13.9. The van der Waals surface area contributed by atoms with E-state index >= 15 is 0 Å². The monoisotopic (exact) mass is 430 g/mol. The fraction of sp³-hybridized carbons (Fsp3) is 0.400. The Balaban J connectivity index is 2.11. The standard InChI is InChI=1S/C20H22Cl2F2N2O2/c1-3-25(4-2)7-8-26-17-11-13(21)10-14(22)18(17)20(28,19(26)27)12-5-6-15(23)16(24)9-12/h5-6,9-11,19,27-28H,3-4,7-8H2,1-2H3. The predicted octanol–water partition coefficient (Wildman–Crippen LogP) is 3.99. The molecule has 28 heavy (non-hydrogen) atoms. The molecule has 0 saturated heterocycles. The van der Waals surface area contributed by atoms with Crippen molar-refractivity contribution in [2.75, 3.05) is 31.1 Å². The molecule has 2 aromatic rings. The first-order valence-electron chi connectivity index (χ1n) is 9.08. The van der Waals surface area contributed by atoms with Gasteiger partial charge in [0.25, 0.3) is 0 Å². The van der Waals surface area contributed by atoms with Crippen molar-refractivity contribution in [2.45, 2.75) is 25.7 Å². The minimum atomic E-state index is -2.03. The Labute approximate surface area is 172 Å². The van der Waals surface area contributed by atoms with Gasteiger partial charge in [-0.3, -0.25) is 0 Å². The maximum atomic E-state index is 13.9. The van der Waals surface area contributed by atoms with Crippen LogP contribution in [0.1, 0.15) is 25.0 Å². The van der Waals surface area contributed by atoms with Crippen LogP contribution in [0.5, 0.6) is 0 Å². The molecule has 1 heterocycles. The topological polar surface area (TPSA) is 46.9 Å². The van der Waals surface area contributed by atoms with Crippen LogP contribution in [0.15, 0.2) is 30.3 Å². The third-order valence-corrected chi connectivity index (χ3v) is 5.82. The van der Waals surface area contributed by atoms with E-state index in [1.807, 2.05) is 13.8 Å². The Morgan fingerprint density at radius 2 is 1.79 bits per heavy atom. The van der Waals surface area contributed by atoms with Gasteiger partial charge in [0.15, 0.2) is 23.5 Å². The van der Waals surface area contributed by atoms with E-state index in [1.165, 1.54) is 12.1 Å². The van der Waals surface area contributed by atoms with Gasteiger partial charge in [-0.2, -0.15) is 0 Å². The summed E-state index contributed by atoms with van der Waals surface area (Å²) < 4.78 is 27.3. The van der Waals surface area contributed by atoms with E-state index in [1.54, 1.807) is 11.0 Å². The van der Waals surface area contributed by atoms with E-state index in [4.69, 9.17) is 23.2 Å². The molecule has 0 radical (unpaired) electrons. The van der Waals surface area contributed by atoms with E-state index < -0.39 is 23.5 Å². The third-order valence-electron chi connectivity index (χ3n) is 5.30. The van der Waals surface area contributed by atoms with Crippen LogP contribution < -0.4 is 4.90 Å². The largest absolute Gasteiger partial charge is 0.375 e. The quantitative estimate of drug-likeness (QED) is 0.727. The summed E-state index contributed by atoms with van der Waals surface area (Å²) in [6.07, 6.45) is -1.45. The van der Waals surface area contributed by atoms with Crippen molar-refractivity contribution in [1.29, 1.82) is 0 Å². The van der Waals surface area contributed by atoms with Gasteiger partial charge < -0.3 is 20.0 Å². The number of hydrogen-bond acceptors (Lipinski definition) is 4. The van der Waals surface area contributed by atoms with Crippen molar-refractivity contribution >= 4 is 28.9 Å². The van der Waals surface area contributed by atoms with Gasteiger partial charge in [-0.1, -0.05) is 43.1 Å². The average Bonchev–Trinajstić information content (AvgIpc) is 2.87. The Morgan fingerprint density at radius 1 is 1.11 bits per heavy atom. The molecule has 0 amide bonds. The summed E-state index contributed by atoms with van der Waals surface area (Å²) in [7, 11) is 0. The van der Waals surface area contributed by atoms with Crippen LogP contribution in [0, 0.1) is 11.6 Å². The van der Waals surface area contributed by atoms with Gasteiger partial charge in [0.2, 0.25) is 0 Å². The molecule has 8 heteroatoms. The summed E-state index contributed by atoms with van der Waals surface area (Å²) in [5, 5.41) is 23.0. The van der Waals surface area contributed by atoms with Gasteiger partial charge in [0.05, 0.1) is 5.02 Å². The predicted molar refractivity (Wildman–Crippen MR) is 107 cm³/mol. The molecule has 1 aliphatic heterocycles. The lowest BCUT2D eigenvalue weighted by Crippen LogP contribution is -2.48. The number of fused-ring (bicyclic) bond motifs is 1. The number of halogens is 4. The molecule has 4 nitrogen and oxygen atoms in total. The molecule has 0 fully saturated rings. The summed E-state index contributed by atoms with van der Waals surface area (Å²) >= 11 is 12.5. The Hall–Kier alpha value is -1.44. The van der Waals surface area contributed by atoms with Crippen molar-refractivity contribution in [1.82, 2.24) is 4.90 Å². The number of benzene rings is 2. The van der Waals surface area contributed by atoms with E-state index in [2.05, 4.69) is 4.90 Å². The van der Waals surface area contributed by atoms with Crippen molar-refractivity contribution in [3.8, 4) is 0 Å². The van der Waals surface area contributed by atoms with Gasteiger partial charge in [-0.25, -0.2) is 8.78 Å². The molecule has 1 aliphatic rings. The van der Waals surface area contributed by atoms with Crippen LogP contribution >= 0.6 is 23.2 Å². The first kappa shape index (κ1) is 21.3. The molecule has 0 aromatic heterocycles. The van der Waals surface area contributed by atoms with Gasteiger partial charge in [-0.15, -0.1) is 0 Å².